The minimum absolute atomic E-state index is 0.0120. The van der Waals surface area contributed by atoms with Crippen LogP contribution in [0.3, 0.4) is 0 Å². The second-order valence-electron chi connectivity index (χ2n) is 6.05. The molecule has 0 saturated carbocycles. The zero-order valence-corrected chi connectivity index (χ0v) is 11.8. The molecule has 1 aliphatic heterocycles. The van der Waals surface area contributed by atoms with E-state index in [1.807, 2.05) is 0 Å². The van der Waals surface area contributed by atoms with E-state index < -0.39 is 0 Å². The van der Waals surface area contributed by atoms with Crippen LogP contribution in [0.1, 0.15) is 47.0 Å². The summed E-state index contributed by atoms with van der Waals surface area (Å²) in [6.45, 7) is 11.7. The predicted octanol–water partition coefficient (Wildman–Crippen LogP) is 1.56. The third-order valence-electron chi connectivity index (χ3n) is 3.04. The summed E-state index contributed by atoms with van der Waals surface area (Å²) in [6, 6.07) is 0.496. The first-order valence-corrected chi connectivity index (χ1v) is 6.70. The largest absolute Gasteiger partial charge is 0.370 e. The molecule has 0 spiro atoms. The van der Waals surface area contributed by atoms with Crippen molar-refractivity contribution in [3.63, 3.8) is 0 Å². The molecule has 1 rings (SSSR count). The van der Waals surface area contributed by atoms with Gasteiger partial charge in [0.2, 0.25) is 0 Å². The Hall–Kier alpha value is -0.770. The number of rotatable bonds is 3. The molecule has 1 heterocycles. The van der Waals surface area contributed by atoms with Crippen LogP contribution in [0.2, 0.25) is 0 Å². The van der Waals surface area contributed by atoms with E-state index in [-0.39, 0.29) is 5.54 Å². The Balaban J connectivity index is 2.35. The second kappa shape index (κ2) is 6.24. The lowest BCUT2D eigenvalue weighted by molar-refractivity contribution is 0.178. The van der Waals surface area contributed by atoms with Gasteiger partial charge in [0.1, 0.15) is 0 Å². The predicted molar refractivity (Wildman–Crippen MR) is 74.3 cm³/mol. The molecule has 1 saturated heterocycles. The van der Waals surface area contributed by atoms with Crippen LogP contribution in [0.5, 0.6) is 0 Å². The van der Waals surface area contributed by atoms with Gasteiger partial charge in [-0.3, -0.25) is 9.89 Å². The van der Waals surface area contributed by atoms with E-state index in [4.69, 9.17) is 5.73 Å². The number of nitrogens with two attached hydrogens (primary N) is 1. The highest BCUT2D eigenvalue weighted by Gasteiger charge is 2.16. The highest BCUT2D eigenvalue weighted by molar-refractivity contribution is 5.78. The molecular weight excluding hydrogens is 212 g/mol. The van der Waals surface area contributed by atoms with Crippen molar-refractivity contribution in [1.29, 1.82) is 0 Å². The molecular formula is C13H28N4. The third-order valence-corrected chi connectivity index (χ3v) is 3.04. The molecule has 4 heteroatoms. The van der Waals surface area contributed by atoms with Crippen molar-refractivity contribution in [3.8, 4) is 0 Å². The van der Waals surface area contributed by atoms with Crippen molar-refractivity contribution in [2.24, 2.45) is 10.7 Å². The van der Waals surface area contributed by atoms with Gasteiger partial charge in [0.25, 0.3) is 0 Å². The molecule has 0 radical (unpaired) electrons. The Labute approximate surface area is 106 Å². The monoisotopic (exact) mass is 240 g/mol. The number of hydrogen-bond donors (Lipinski definition) is 2. The SMILES string of the molecule is CC(CN=C(N)NC(C)(C)C)N1CCCCC1. The smallest absolute Gasteiger partial charge is 0.189 e. The first-order valence-electron chi connectivity index (χ1n) is 6.70. The van der Waals surface area contributed by atoms with Crippen LogP contribution >= 0.6 is 0 Å². The standard InChI is InChI=1S/C13H28N4/c1-11(17-8-6-5-7-9-17)10-15-12(14)16-13(2,3)4/h11H,5-10H2,1-4H3,(H3,14,15,16). The van der Waals surface area contributed by atoms with Crippen LogP contribution < -0.4 is 11.1 Å². The van der Waals surface area contributed by atoms with Gasteiger partial charge in [0.15, 0.2) is 5.96 Å². The van der Waals surface area contributed by atoms with E-state index in [9.17, 15) is 0 Å². The molecule has 1 fully saturated rings. The van der Waals surface area contributed by atoms with E-state index in [2.05, 4.69) is 42.9 Å². The summed E-state index contributed by atoms with van der Waals surface area (Å²) in [4.78, 5) is 6.94. The van der Waals surface area contributed by atoms with Gasteiger partial charge in [-0.15, -0.1) is 0 Å². The fraction of sp³-hybridized carbons (Fsp3) is 0.923. The number of nitrogens with zero attached hydrogens (tertiary/aromatic N) is 2. The fourth-order valence-corrected chi connectivity index (χ4v) is 2.13. The van der Waals surface area contributed by atoms with Crippen molar-refractivity contribution in [2.75, 3.05) is 19.6 Å². The summed E-state index contributed by atoms with van der Waals surface area (Å²) in [6.07, 6.45) is 4.02. The molecule has 0 bridgehead atoms. The lowest BCUT2D eigenvalue weighted by atomic mass is 10.1. The van der Waals surface area contributed by atoms with E-state index in [1.54, 1.807) is 0 Å². The molecule has 0 aromatic heterocycles. The van der Waals surface area contributed by atoms with Gasteiger partial charge in [-0.2, -0.15) is 0 Å². The quantitative estimate of drug-likeness (QED) is 0.581. The first kappa shape index (κ1) is 14.3. The van der Waals surface area contributed by atoms with Crippen molar-refractivity contribution in [2.45, 2.75) is 58.5 Å². The Kier molecular flexibility index (Phi) is 5.25. The first-order chi connectivity index (χ1) is 7.88. The van der Waals surface area contributed by atoms with Gasteiger partial charge in [-0.05, 0) is 53.6 Å². The molecule has 0 amide bonds. The lowest BCUT2D eigenvalue weighted by Crippen LogP contribution is -2.46. The number of aliphatic imine (C=N–C) groups is 1. The minimum Gasteiger partial charge on any atom is -0.370 e. The van der Waals surface area contributed by atoms with E-state index in [0.717, 1.165) is 6.54 Å². The summed E-state index contributed by atoms with van der Waals surface area (Å²) < 4.78 is 0. The van der Waals surface area contributed by atoms with Crippen LogP contribution in [0.4, 0.5) is 0 Å². The number of likely N-dealkylation sites (tertiary alicyclic amines) is 1. The maximum atomic E-state index is 5.86. The van der Waals surface area contributed by atoms with Gasteiger partial charge in [-0.25, -0.2) is 0 Å². The highest BCUT2D eigenvalue weighted by atomic mass is 15.2. The Bertz CT molecular complexity index is 249. The lowest BCUT2D eigenvalue weighted by Gasteiger charge is -2.31. The Morgan fingerprint density at radius 2 is 1.88 bits per heavy atom. The molecule has 4 nitrogen and oxygen atoms in total. The van der Waals surface area contributed by atoms with Crippen LogP contribution in [0.15, 0.2) is 4.99 Å². The van der Waals surface area contributed by atoms with Crippen LogP contribution in [-0.4, -0.2) is 42.1 Å². The maximum Gasteiger partial charge on any atom is 0.189 e. The molecule has 1 atom stereocenters. The fourth-order valence-electron chi connectivity index (χ4n) is 2.13. The average molecular weight is 240 g/mol. The number of piperidine rings is 1. The van der Waals surface area contributed by atoms with Gasteiger partial charge in [0, 0.05) is 11.6 Å². The van der Waals surface area contributed by atoms with Crippen molar-refractivity contribution in [1.82, 2.24) is 10.2 Å². The second-order valence-corrected chi connectivity index (χ2v) is 6.05. The normalized spacial score (nSPS) is 21.3. The molecule has 17 heavy (non-hydrogen) atoms. The van der Waals surface area contributed by atoms with Gasteiger partial charge in [-0.1, -0.05) is 6.42 Å². The zero-order valence-electron chi connectivity index (χ0n) is 11.8. The Morgan fingerprint density at radius 1 is 1.29 bits per heavy atom. The topological polar surface area (TPSA) is 53.6 Å². The van der Waals surface area contributed by atoms with Crippen molar-refractivity contribution < 1.29 is 0 Å². The minimum atomic E-state index is -0.0120. The number of nitrogens with one attached hydrogen (secondary N) is 1. The molecule has 0 aromatic rings. The molecule has 1 aliphatic rings. The molecule has 0 aliphatic carbocycles. The highest BCUT2D eigenvalue weighted by Crippen LogP contribution is 2.12. The van der Waals surface area contributed by atoms with Crippen molar-refractivity contribution in [3.05, 3.63) is 0 Å². The molecule has 100 valence electrons. The number of hydrogen-bond acceptors (Lipinski definition) is 2. The Morgan fingerprint density at radius 3 is 2.41 bits per heavy atom. The van der Waals surface area contributed by atoms with Gasteiger partial charge in [0.05, 0.1) is 6.54 Å². The van der Waals surface area contributed by atoms with Crippen LogP contribution in [-0.2, 0) is 0 Å². The molecule has 1 unspecified atom stereocenters. The van der Waals surface area contributed by atoms with Gasteiger partial charge >= 0.3 is 0 Å². The zero-order chi connectivity index (χ0) is 12.9. The molecule has 0 aromatic carbocycles. The van der Waals surface area contributed by atoms with Crippen LogP contribution in [0, 0.1) is 0 Å². The molecule has 3 N–H and O–H groups in total. The van der Waals surface area contributed by atoms with E-state index in [0.29, 0.717) is 12.0 Å². The summed E-state index contributed by atoms with van der Waals surface area (Å²) in [5, 5.41) is 3.19. The summed E-state index contributed by atoms with van der Waals surface area (Å²) in [5.74, 6) is 0.557. The van der Waals surface area contributed by atoms with Crippen molar-refractivity contribution >= 4 is 5.96 Å². The van der Waals surface area contributed by atoms with E-state index >= 15 is 0 Å². The average Bonchev–Trinajstić information content (AvgIpc) is 2.25. The number of guanidine groups is 1. The summed E-state index contributed by atoms with van der Waals surface area (Å²) >= 11 is 0. The van der Waals surface area contributed by atoms with E-state index in [1.165, 1.54) is 32.4 Å². The van der Waals surface area contributed by atoms with Crippen LogP contribution in [0.25, 0.3) is 0 Å². The summed E-state index contributed by atoms with van der Waals surface area (Å²) in [7, 11) is 0. The maximum absolute atomic E-state index is 5.86. The summed E-state index contributed by atoms with van der Waals surface area (Å²) in [5.41, 5.74) is 5.85. The third kappa shape index (κ3) is 5.91. The van der Waals surface area contributed by atoms with Gasteiger partial charge < -0.3 is 11.1 Å².